The molecule has 2 rings (SSSR count). The first-order valence-corrected chi connectivity index (χ1v) is 11.2. The third-order valence-corrected chi connectivity index (χ3v) is 6.22. The number of carbonyl (C=O) groups is 5. The minimum Gasteiger partial charge on any atom is -0.480 e. The van der Waals surface area contributed by atoms with Crippen molar-refractivity contribution in [3.05, 3.63) is 62.5 Å². The maximum Gasteiger partial charge on any atom is 0.336 e. The van der Waals surface area contributed by atoms with E-state index in [0.717, 1.165) is 19.1 Å². The van der Waals surface area contributed by atoms with E-state index in [9.17, 15) is 39.2 Å². The van der Waals surface area contributed by atoms with Crippen molar-refractivity contribution in [3.63, 3.8) is 0 Å². The SMILES string of the molecule is COC(=O)C1=C(C)N(C(=O)CNC(C(=O)O)C(C)C(N)=O)C(C)=C(C(=O)OC)C1c1ccccc1[N+](=O)[O-]. The Morgan fingerprint density at radius 3 is 2.00 bits per heavy atom. The first-order valence-electron chi connectivity index (χ1n) is 11.2. The number of nitrogens with zero attached hydrogens (tertiary/aromatic N) is 2. The number of nitro groups is 1. The van der Waals surface area contributed by atoms with Crippen molar-refractivity contribution < 1.29 is 43.5 Å². The minimum atomic E-state index is -1.50. The van der Waals surface area contributed by atoms with Gasteiger partial charge in [0, 0.05) is 23.0 Å². The number of rotatable bonds is 10. The first-order chi connectivity index (χ1) is 17.8. The largest absolute Gasteiger partial charge is 0.480 e. The van der Waals surface area contributed by atoms with E-state index < -0.39 is 59.1 Å². The van der Waals surface area contributed by atoms with E-state index in [-0.39, 0.29) is 33.8 Å². The molecule has 204 valence electrons. The molecule has 1 aromatic rings. The summed E-state index contributed by atoms with van der Waals surface area (Å²) in [7, 11) is 2.14. The predicted molar refractivity (Wildman–Crippen MR) is 130 cm³/mol. The third kappa shape index (κ3) is 5.70. The maximum absolute atomic E-state index is 13.3. The first kappa shape index (κ1) is 29.6. The van der Waals surface area contributed by atoms with E-state index in [2.05, 4.69) is 5.32 Å². The van der Waals surface area contributed by atoms with Crippen LogP contribution >= 0.6 is 0 Å². The number of carboxylic acid groups (broad SMARTS) is 1. The number of hydrogen-bond acceptors (Lipinski definition) is 10. The molecule has 0 spiro atoms. The van der Waals surface area contributed by atoms with Gasteiger partial charge in [-0.05, 0) is 13.8 Å². The molecule has 2 atom stereocenters. The number of nitrogens with one attached hydrogen (secondary N) is 1. The molecule has 1 aliphatic heterocycles. The number of nitrogens with two attached hydrogens (primary N) is 1. The van der Waals surface area contributed by atoms with Gasteiger partial charge in [-0.15, -0.1) is 0 Å². The van der Waals surface area contributed by atoms with Crippen LogP contribution in [0, 0.1) is 16.0 Å². The number of methoxy groups -OCH3 is 2. The molecular weight excluding hydrogens is 504 g/mol. The Morgan fingerprint density at radius 1 is 1.08 bits per heavy atom. The van der Waals surface area contributed by atoms with Gasteiger partial charge in [0.05, 0.1) is 48.7 Å². The van der Waals surface area contributed by atoms with Crippen LogP contribution < -0.4 is 11.1 Å². The standard InChI is InChI=1S/C24H28N4O10/c1-11(21(25)30)20(22(31)32)26-10-16(29)27-12(2)17(23(33)37-4)19(18(13(27)3)24(34)38-5)14-8-6-7-9-15(14)28(35)36/h6-9,11,19-20,26H,10H2,1-5H3,(H2,25,30)(H,31,32). The molecule has 0 aromatic heterocycles. The van der Waals surface area contributed by atoms with Crippen LogP contribution in [0.25, 0.3) is 0 Å². The van der Waals surface area contributed by atoms with Gasteiger partial charge in [-0.2, -0.15) is 0 Å². The molecule has 0 fully saturated rings. The van der Waals surface area contributed by atoms with E-state index in [1.807, 2.05) is 0 Å². The fraction of sp³-hybridized carbons (Fsp3) is 0.375. The quantitative estimate of drug-likeness (QED) is 0.216. The normalized spacial score (nSPS) is 15.6. The number of amides is 2. The molecule has 0 saturated heterocycles. The molecule has 4 N–H and O–H groups in total. The molecular formula is C24H28N4O10. The summed E-state index contributed by atoms with van der Waals surface area (Å²) in [5.41, 5.74) is 4.32. The van der Waals surface area contributed by atoms with Gasteiger partial charge in [-0.25, -0.2) is 9.59 Å². The van der Waals surface area contributed by atoms with Crippen LogP contribution in [0.15, 0.2) is 46.8 Å². The number of para-hydroxylation sites is 1. The highest BCUT2D eigenvalue weighted by Crippen LogP contribution is 2.45. The molecule has 1 heterocycles. The highest BCUT2D eigenvalue weighted by molar-refractivity contribution is 6.02. The second kappa shape index (κ2) is 12.1. The summed E-state index contributed by atoms with van der Waals surface area (Å²) < 4.78 is 9.80. The Labute approximate surface area is 217 Å². The smallest absolute Gasteiger partial charge is 0.336 e. The predicted octanol–water partition coefficient (Wildman–Crippen LogP) is 0.579. The lowest BCUT2D eigenvalue weighted by molar-refractivity contribution is -0.385. The van der Waals surface area contributed by atoms with Gasteiger partial charge in [0.2, 0.25) is 11.8 Å². The molecule has 1 aromatic carbocycles. The Hall–Kier alpha value is -4.59. The van der Waals surface area contributed by atoms with E-state index in [1.165, 1.54) is 45.0 Å². The summed E-state index contributed by atoms with van der Waals surface area (Å²) >= 11 is 0. The zero-order valence-electron chi connectivity index (χ0n) is 21.3. The Bertz CT molecular complexity index is 1210. The van der Waals surface area contributed by atoms with Crippen LogP contribution in [0.3, 0.4) is 0 Å². The van der Waals surface area contributed by atoms with Crippen LogP contribution in [0.1, 0.15) is 32.3 Å². The van der Waals surface area contributed by atoms with Crippen molar-refractivity contribution in [1.29, 1.82) is 0 Å². The van der Waals surface area contributed by atoms with Gasteiger partial charge in [0.15, 0.2) is 0 Å². The number of ether oxygens (including phenoxy) is 2. The lowest BCUT2D eigenvalue weighted by atomic mass is 9.79. The summed E-state index contributed by atoms with van der Waals surface area (Å²) in [4.78, 5) is 74.5. The van der Waals surface area contributed by atoms with E-state index in [0.29, 0.717) is 0 Å². The zero-order chi connectivity index (χ0) is 28.9. The van der Waals surface area contributed by atoms with E-state index in [1.54, 1.807) is 0 Å². The highest BCUT2D eigenvalue weighted by atomic mass is 16.6. The van der Waals surface area contributed by atoms with Crippen molar-refractivity contribution in [2.24, 2.45) is 11.7 Å². The molecule has 14 nitrogen and oxygen atoms in total. The number of allylic oxidation sites excluding steroid dienone is 2. The highest BCUT2D eigenvalue weighted by Gasteiger charge is 2.44. The fourth-order valence-electron chi connectivity index (χ4n) is 4.31. The number of esters is 2. The Balaban J connectivity index is 2.72. The Kier molecular flexibility index (Phi) is 9.44. The lowest BCUT2D eigenvalue weighted by Crippen LogP contribution is -2.50. The second-order valence-corrected chi connectivity index (χ2v) is 8.35. The molecule has 2 amide bonds. The van der Waals surface area contributed by atoms with Gasteiger partial charge >= 0.3 is 17.9 Å². The average molecular weight is 533 g/mol. The molecule has 2 unspecified atom stereocenters. The maximum atomic E-state index is 13.3. The van der Waals surface area contributed by atoms with Crippen molar-refractivity contribution in [1.82, 2.24) is 10.2 Å². The lowest BCUT2D eigenvalue weighted by Gasteiger charge is -2.36. The topological polar surface area (TPSA) is 208 Å². The van der Waals surface area contributed by atoms with Crippen molar-refractivity contribution in [3.8, 4) is 0 Å². The Morgan fingerprint density at radius 2 is 1.58 bits per heavy atom. The van der Waals surface area contributed by atoms with Gasteiger partial charge in [-0.3, -0.25) is 34.7 Å². The van der Waals surface area contributed by atoms with Crippen LogP contribution in [0.4, 0.5) is 5.69 Å². The number of benzene rings is 1. The average Bonchev–Trinajstić information content (AvgIpc) is 2.87. The molecule has 38 heavy (non-hydrogen) atoms. The minimum absolute atomic E-state index is 0.00761. The van der Waals surface area contributed by atoms with Crippen molar-refractivity contribution in [2.75, 3.05) is 20.8 Å². The van der Waals surface area contributed by atoms with Gasteiger partial charge in [0.25, 0.3) is 5.69 Å². The molecule has 0 aliphatic carbocycles. The van der Waals surface area contributed by atoms with Crippen molar-refractivity contribution >= 4 is 35.4 Å². The summed E-state index contributed by atoms with van der Waals surface area (Å²) in [6.45, 7) is 3.40. The van der Waals surface area contributed by atoms with E-state index >= 15 is 0 Å². The van der Waals surface area contributed by atoms with Crippen molar-refractivity contribution in [2.45, 2.75) is 32.7 Å². The number of primary amides is 1. The van der Waals surface area contributed by atoms with Gasteiger partial charge in [-0.1, -0.05) is 25.1 Å². The summed E-state index contributed by atoms with van der Waals surface area (Å²) in [5.74, 6) is -7.55. The monoisotopic (exact) mass is 532 g/mol. The second-order valence-electron chi connectivity index (χ2n) is 8.35. The molecule has 0 radical (unpaired) electrons. The molecule has 0 saturated carbocycles. The summed E-state index contributed by atoms with van der Waals surface area (Å²) in [6.07, 6.45) is 0. The number of hydrogen-bond donors (Lipinski definition) is 3. The fourth-order valence-corrected chi connectivity index (χ4v) is 4.31. The number of aliphatic carboxylic acids is 1. The van der Waals surface area contributed by atoms with Gasteiger partial charge < -0.3 is 20.3 Å². The summed E-state index contributed by atoms with van der Waals surface area (Å²) in [5, 5.41) is 23.7. The number of nitro benzene ring substituents is 1. The summed E-state index contributed by atoms with van der Waals surface area (Å²) in [6, 6.07) is 3.98. The van der Waals surface area contributed by atoms with Gasteiger partial charge in [0.1, 0.15) is 6.04 Å². The number of carbonyl (C=O) groups excluding carboxylic acids is 4. The molecule has 1 aliphatic rings. The molecule has 0 bridgehead atoms. The van der Waals surface area contributed by atoms with Crippen LogP contribution in [0.2, 0.25) is 0 Å². The zero-order valence-corrected chi connectivity index (χ0v) is 21.3. The number of carboxylic acids is 1. The molecule has 14 heteroatoms. The van der Waals surface area contributed by atoms with Crippen LogP contribution in [-0.2, 0) is 33.4 Å². The van der Waals surface area contributed by atoms with E-state index in [4.69, 9.17) is 15.2 Å². The van der Waals surface area contributed by atoms with Crippen LogP contribution in [0.5, 0.6) is 0 Å². The van der Waals surface area contributed by atoms with Crippen LogP contribution in [-0.4, -0.2) is 71.5 Å². The third-order valence-electron chi connectivity index (χ3n) is 6.22.